The molecule has 9 nitrogen and oxygen atoms in total. The average Bonchev–Trinajstić information content (AvgIpc) is 3.75. The van der Waals surface area contributed by atoms with Crippen LogP contribution in [0.5, 0.6) is 0 Å². The van der Waals surface area contributed by atoms with Crippen molar-refractivity contribution in [3.05, 3.63) is 75.2 Å². The summed E-state index contributed by atoms with van der Waals surface area (Å²) in [7, 11) is 0. The largest absolute Gasteiger partial charge is 0.425 e. The number of pyridine rings is 1. The van der Waals surface area contributed by atoms with E-state index < -0.39 is 34.7 Å². The van der Waals surface area contributed by atoms with Gasteiger partial charge >= 0.3 is 0 Å². The Hall–Kier alpha value is -2.99. The Balaban J connectivity index is 1.14. The number of likely N-dealkylation sites (tertiary alicyclic amines) is 2. The van der Waals surface area contributed by atoms with Crippen molar-refractivity contribution in [2.75, 3.05) is 39.4 Å². The molecule has 0 aliphatic carbocycles. The molecule has 0 radical (unpaired) electrons. The van der Waals surface area contributed by atoms with E-state index in [2.05, 4.69) is 15.1 Å². The molecule has 4 aliphatic rings. The Labute approximate surface area is 272 Å². The van der Waals surface area contributed by atoms with Crippen LogP contribution in [0.15, 0.2) is 28.7 Å². The topological polar surface area (TPSA) is 93.8 Å². The Morgan fingerprint density at radius 3 is 2.46 bits per heavy atom. The van der Waals surface area contributed by atoms with Crippen LogP contribution in [0.25, 0.3) is 0 Å². The highest BCUT2D eigenvalue weighted by Gasteiger charge is 2.55. The molecular formula is C34H40ClF2N5O4. The van der Waals surface area contributed by atoms with Crippen LogP contribution in [0.3, 0.4) is 0 Å². The quantitative estimate of drug-likeness (QED) is 0.342. The zero-order chi connectivity index (χ0) is 32.4. The van der Waals surface area contributed by atoms with Crippen molar-refractivity contribution in [1.82, 2.24) is 25.0 Å². The van der Waals surface area contributed by atoms with Crippen LogP contribution in [0.4, 0.5) is 8.78 Å². The molecule has 0 bridgehead atoms. The minimum atomic E-state index is -0.718. The lowest BCUT2D eigenvalue weighted by Gasteiger charge is -2.41. The van der Waals surface area contributed by atoms with Gasteiger partial charge in [-0.25, -0.2) is 8.78 Å². The number of aromatic nitrogens is 3. The summed E-state index contributed by atoms with van der Waals surface area (Å²) in [6.45, 7) is 11.0. The Bertz CT molecular complexity index is 1640. The van der Waals surface area contributed by atoms with Gasteiger partial charge in [0.05, 0.1) is 33.8 Å². The fourth-order valence-electron chi connectivity index (χ4n) is 7.94. The van der Waals surface area contributed by atoms with E-state index in [1.165, 1.54) is 12.1 Å². The summed E-state index contributed by atoms with van der Waals surface area (Å²) in [6.07, 6.45) is 2.39. The SMILES string of the molecule is Cc1nnc(C(C)(C)[C@H]2OC3(CCN(C(=O)C4CN(C5CCOCC5)C[C@H]4c4ccc(F)cc4F)CC3)c3nc(C)c(Cl)cc32)o1. The maximum Gasteiger partial charge on any atom is 0.227 e. The van der Waals surface area contributed by atoms with Crippen molar-refractivity contribution >= 4 is 17.5 Å². The summed E-state index contributed by atoms with van der Waals surface area (Å²) in [5, 5.41) is 8.91. The van der Waals surface area contributed by atoms with E-state index in [4.69, 9.17) is 30.5 Å². The maximum atomic E-state index is 15.2. The van der Waals surface area contributed by atoms with Gasteiger partial charge in [0.1, 0.15) is 17.2 Å². The number of piperidine rings is 1. The third-order valence-corrected chi connectivity index (χ3v) is 11.0. The van der Waals surface area contributed by atoms with Crippen LogP contribution >= 0.6 is 11.6 Å². The lowest BCUT2D eigenvalue weighted by atomic mass is 9.81. The van der Waals surface area contributed by atoms with Gasteiger partial charge in [0, 0.05) is 69.9 Å². The summed E-state index contributed by atoms with van der Waals surface area (Å²) in [4.78, 5) is 23.5. The second kappa shape index (κ2) is 11.9. The number of ether oxygens (including phenoxy) is 2. The van der Waals surface area contributed by atoms with Crippen molar-refractivity contribution in [2.45, 2.75) is 82.5 Å². The summed E-state index contributed by atoms with van der Waals surface area (Å²) < 4.78 is 47.4. The number of fused-ring (bicyclic) bond motifs is 2. The van der Waals surface area contributed by atoms with Crippen molar-refractivity contribution in [3.8, 4) is 0 Å². The maximum absolute atomic E-state index is 15.2. The summed E-state index contributed by atoms with van der Waals surface area (Å²) in [6, 6.07) is 5.92. The molecule has 3 atom stereocenters. The number of aryl methyl sites for hydroxylation is 2. The van der Waals surface area contributed by atoms with E-state index in [1.807, 2.05) is 31.7 Å². The van der Waals surface area contributed by atoms with Crippen molar-refractivity contribution < 1.29 is 27.5 Å². The van der Waals surface area contributed by atoms with Gasteiger partial charge in [0.25, 0.3) is 0 Å². The van der Waals surface area contributed by atoms with E-state index in [-0.39, 0.29) is 17.9 Å². The number of carbonyl (C=O) groups is 1. The van der Waals surface area contributed by atoms with Crippen molar-refractivity contribution in [1.29, 1.82) is 0 Å². The molecule has 46 heavy (non-hydrogen) atoms. The molecular weight excluding hydrogens is 616 g/mol. The minimum absolute atomic E-state index is 0.00480. The van der Waals surface area contributed by atoms with E-state index >= 15 is 4.39 Å². The first-order valence-electron chi connectivity index (χ1n) is 16.2. The predicted molar refractivity (Wildman–Crippen MR) is 165 cm³/mol. The van der Waals surface area contributed by atoms with Crippen LogP contribution in [-0.2, 0) is 25.3 Å². The second-order valence-electron chi connectivity index (χ2n) is 13.8. The average molecular weight is 656 g/mol. The Kier molecular flexibility index (Phi) is 8.18. The van der Waals surface area contributed by atoms with Crippen LogP contribution in [0, 0.1) is 31.4 Å². The highest BCUT2D eigenvalue weighted by molar-refractivity contribution is 6.31. The molecule has 1 amide bonds. The van der Waals surface area contributed by atoms with Crippen LogP contribution < -0.4 is 0 Å². The van der Waals surface area contributed by atoms with Crippen LogP contribution in [0.2, 0.25) is 5.02 Å². The molecule has 2 aromatic heterocycles. The van der Waals surface area contributed by atoms with E-state index in [0.717, 1.165) is 35.9 Å². The molecule has 0 saturated carbocycles. The Morgan fingerprint density at radius 1 is 1.04 bits per heavy atom. The van der Waals surface area contributed by atoms with Gasteiger partial charge in [-0.15, -0.1) is 10.2 Å². The lowest BCUT2D eigenvalue weighted by molar-refractivity contribution is -0.152. The van der Waals surface area contributed by atoms with Gasteiger partial charge in [0.15, 0.2) is 0 Å². The molecule has 246 valence electrons. The molecule has 3 saturated heterocycles. The fourth-order valence-corrected chi connectivity index (χ4v) is 8.10. The second-order valence-corrected chi connectivity index (χ2v) is 14.2. The normalized spacial score (nSPS) is 25.4. The van der Waals surface area contributed by atoms with Crippen molar-refractivity contribution in [3.63, 3.8) is 0 Å². The molecule has 3 fully saturated rings. The number of hydrogen-bond acceptors (Lipinski definition) is 8. The van der Waals surface area contributed by atoms with Gasteiger partial charge in [0.2, 0.25) is 17.7 Å². The first-order chi connectivity index (χ1) is 22.0. The lowest BCUT2D eigenvalue weighted by Crippen LogP contribution is -2.49. The van der Waals surface area contributed by atoms with Gasteiger partial charge < -0.3 is 18.8 Å². The van der Waals surface area contributed by atoms with E-state index in [9.17, 15) is 9.18 Å². The molecule has 1 aromatic carbocycles. The van der Waals surface area contributed by atoms with Crippen molar-refractivity contribution in [2.24, 2.45) is 5.92 Å². The van der Waals surface area contributed by atoms with Crippen LogP contribution in [0.1, 0.15) is 85.8 Å². The molecule has 6 heterocycles. The molecule has 7 rings (SSSR count). The number of halogens is 3. The Morgan fingerprint density at radius 2 is 1.78 bits per heavy atom. The monoisotopic (exact) mass is 655 g/mol. The fraction of sp³-hybridized carbons (Fsp3) is 0.588. The molecule has 12 heteroatoms. The molecule has 1 spiro atoms. The number of benzene rings is 1. The van der Waals surface area contributed by atoms with Gasteiger partial charge in [-0.3, -0.25) is 14.7 Å². The first kappa shape index (κ1) is 31.6. The smallest absolute Gasteiger partial charge is 0.227 e. The highest BCUT2D eigenvalue weighted by atomic mass is 35.5. The third-order valence-electron chi connectivity index (χ3n) is 10.6. The van der Waals surface area contributed by atoms with Gasteiger partial charge in [-0.2, -0.15) is 0 Å². The van der Waals surface area contributed by atoms with E-state index in [0.29, 0.717) is 74.6 Å². The number of nitrogens with zero attached hydrogens (tertiary/aromatic N) is 5. The van der Waals surface area contributed by atoms with E-state index in [1.54, 1.807) is 6.92 Å². The molecule has 1 unspecified atom stereocenters. The number of amides is 1. The number of carbonyl (C=O) groups excluding carboxylic acids is 1. The molecule has 4 aliphatic heterocycles. The summed E-state index contributed by atoms with van der Waals surface area (Å²) in [5.74, 6) is -1.10. The third kappa shape index (κ3) is 5.42. The number of rotatable bonds is 5. The van der Waals surface area contributed by atoms with Gasteiger partial charge in [-0.05, 0) is 64.2 Å². The minimum Gasteiger partial charge on any atom is -0.425 e. The zero-order valence-electron chi connectivity index (χ0n) is 26.7. The van der Waals surface area contributed by atoms with Gasteiger partial charge in [-0.1, -0.05) is 17.7 Å². The predicted octanol–water partition coefficient (Wildman–Crippen LogP) is 5.77. The summed E-state index contributed by atoms with van der Waals surface area (Å²) in [5.41, 5.74) is 1.46. The summed E-state index contributed by atoms with van der Waals surface area (Å²) >= 11 is 6.59. The first-order valence-corrected chi connectivity index (χ1v) is 16.6. The highest BCUT2D eigenvalue weighted by Crippen LogP contribution is 2.55. The number of hydrogen-bond donors (Lipinski definition) is 0. The molecule has 0 N–H and O–H groups in total. The standard InChI is InChI=1S/C34H40ClF2N5O4/c1-19-27(35)16-24-29(38-19)34(46-30(24)33(3,4)32-40-39-20(2)45-32)9-11-41(12-10-34)31(43)26-18-42(22-7-13-44-14-8-22)17-25(26)23-6-5-21(36)15-28(23)37/h5-6,15-16,22,25-26,30H,7-14,17-18H2,1-4H3/t25-,26?,30-/m0/s1. The van der Waals surface area contributed by atoms with Crippen LogP contribution in [-0.4, -0.2) is 76.3 Å². The molecule has 3 aromatic rings. The zero-order valence-corrected chi connectivity index (χ0v) is 27.4.